The van der Waals surface area contributed by atoms with Crippen molar-refractivity contribution in [2.24, 2.45) is 0 Å². The van der Waals surface area contributed by atoms with Crippen molar-refractivity contribution in [3.8, 4) is 0 Å². The summed E-state index contributed by atoms with van der Waals surface area (Å²) in [5.74, 6) is -8.15. The van der Waals surface area contributed by atoms with Crippen LogP contribution >= 0.6 is 0 Å². The van der Waals surface area contributed by atoms with Gasteiger partial charge in [-0.2, -0.15) is 22.0 Å². The van der Waals surface area contributed by atoms with Crippen LogP contribution in [0.2, 0.25) is 0 Å². The molecule has 1 heterocycles. The Morgan fingerprint density at radius 3 is 2.23 bits per heavy atom. The van der Waals surface area contributed by atoms with Gasteiger partial charge in [-0.1, -0.05) is 30.3 Å². The maximum absolute atomic E-state index is 13.2. The van der Waals surface area contributed by atoms with Gasteiger partial charge in [0.2, 0.25) is 0 Å². The minimum Gasteiger partial charge on any atom is -0.503 e. The maximum atomic E-state index is 13.2. The van der Waals surface area contributed by atoms with Gasteiger partial charge in [0.25, 0.3) is 11.8 Å². The molecule has 0 spiro atoms. The second-order valence-electron chi connectivity index (χ2n) is 7.62. The summed E-state index contributed by atoms with van der Waals surface area (Å²) >= 11 is 0. The van der Waals surface area contributed by atoms with Crippen molar-refractivity contribution in [2.75, 3.05) is 13.1 Å². The fraction of sp³-hybridized carbons (Fsp3) is 0.500. The Morgan fingerprint density at radius 1 is 1.07 bits per heavy atom. The van der Waals surface area contributed by atoms with Gasteiger partial charge in [0.05, 0.1) is 18.7 Å². The van der Waals surface area contributed by atoms with E-state index in [-0.39, 0.29) is 10.9 Å². The molecule has 2 N–H and O–H groups in total. The molecule has 1 aliphatic carbocycles. The van der Waals surface area contributed by atoms with Crippen LogP contribution in [0.1, 0.15) is 37.2 Å². The van der Waals surface area contributed by atoms with Gasteiger partial charge in [-0.05, 0) is 37.2 Å². The third kappa shape index (κ3) is 4.57. The number of aliphatic hydroxyl groups excluding tert-OH is 1. The van der Waals surface area contributed by atoms with Crippen LogP contribution in [0, 0.1) is 0 Å². The molecule has 5 nitrogen and oxygen atoms in total. The van der Waals surface area contributed by atoms with Gasteiger partial charge in [0.15, 0.2) is 5.76 Å². The molecule has 1 saturated carbocycles. The van der Waals surface area contributed by atoms with Crippen LogP contribution in [0.25, 0.3) is 0 Å². The van der Waals surface area contributed by atoms with Gasteiger partial charge in [0.1, 0.15) is 0 Å². The average molecular weight is 432 g/mol. The normalized spacial score (nSPS) is 23.1. The van der Waals surface area contributed by atoms with E-state index in [4.69, 9.17) is 0 Å². The molecular weight excluding hydrogens is 411 g/mol. The highest BCUT2D eigenvalue weighted by atomic mass is 19.4. The van der Waals surface area contributed by atoms with Gasteiger partial charge >= 0.3 is 12.1 Å². The van der Waals surface area contributed by atoms with Crippen LogP contribution in [-0.2, 0) is 9.59 Å². The first-order valence-corrected chi connectivity index (χ1v) is 9.51. The SMILES string of the molecule is O=C(N[C@H]1CC[C@@H](c2ccccc2)CC1)C1=C(O)C(=O)N(CC(F)(F)C(F)(F)F)C1. The number of halogens is 5. The predicted molar refractivity (Wildman–Crippen MR) is 96.8 cm³/mol. The fourth-order valence-electron chi connectivity index (χ4n) is 3.82. The van der Waals surface area contributed by atoms with Crippen LogP contribution in [0.5, 0.6) is 0 Å². The minimum atomic E-state index is -5.84. The van der Waals surface area contributed by atoms with Gasteiger partial charge in [0, 0.05) is 6.04 Å². The number of hydrogen-bond donors (Lipinski definition) is 2. The van der Waals surface area contributed by atoms with Crippen LogP contribution in [0.3, 0.4) is 0 Å². The Labute approximate surface area is 169 Å². The smallest absolute Gasteiger partial charge is 0.455 e. The highest BCUT2D eigenvalue weighted by molar-refractivity contribution is 6.07. The summed E-state index contributed by atoms with van der Waals surface area (Å²) in [6, 6.07) is 9.64. The predicted octanol–water partition coefficient (Wildman–Crippen LogP) is 3.68. The zero-order valence-electron chi connectivity index (χ0n) is 15.9. The molecule has 1 aromatic rings. The molecule has 3 rings (SSSR count). The number of hydrogen-bond acceptors (Lipinski definition) is 3. The number of alkyl halides is 5. The van der Waals surface area contributed by atoms with Gasteiger partial charge < -0.3 is 15.3 Å². The molecule has 0 atom stereocenters. The number of aliphatic hydroxyl groups is 1. The summed E-state index contributed by atoms with van der Waals surface area (Å²) in [5.41, 5.74) is 0.702. The topological polar surface area (TPSA) is 69.6 Å². The second kappa shape index (κ2) is 8.23. The Morgan fingerprint density at radius 2 is 1.67 bits per heavy atom. The molecule has 0 radical (unpaired) electrons. The molecular formula is C20H21F5N2O3. The van der Waals surface area contributed by atoms with Crippen molar-refractivity contribution >= 4 is 11.8 Å². The Hall–Kier alpha value is -2.65. The number of nitrogens with one attached hydrogen (secondary N) is 1. The first-order chi connectivity index (χ1) is 14.0. The van der Waals surface area contributed by atoms with Gasteiger partial charge in [-0.15, -0.1) is 0 Å². The van der Waals surface area contributed by atoms with E-state index in [0.717, 1.165) is 12.8 Å². The number of amides is 2. The Balaban J connectivity index is 1.56. The van der Waals surface area contributed by atoms with Crippen molar-refractivity contribution in [3.63, 3.8) is 0 Å². The van der Waals surface area contributed by atoms with Crippen molar-refractivity contribution < 1.29 is 36.6 Å². The van der Waals surface area contributed by atoms with Gasteiger partial charge in [-0.3, -0.25) is 9.59 Å². The summed E-state index contributed by atoms with van der Waals surface area (Å²) in [6.45, 7) is -2.76. The Bertz CT molecular complexity index is 831. The summed E-state index contributed by atoms with van der Waals surface area (Å²) in [7, 11) is 0. The van der Waals surface area contributed by atoms with Gasteiger partial charge in [-0.25, -0.2) is 0 Å². The molecule has 0 unspecified atom stereocenters. The zero-order chi connectivity index (χ0) is 22.1. The number of carbonyl (C=O) groups is 2. The molecule has 164 valence electrons. The van der Waals surface area contributed by atoms with Crippen molar-refractivity contribution in [2.45, 2.75) is 49.7 Å². The van der Waals surface area contributed by atoms with Crippen LogP contribution in [0.4, 0.5) is 22.0 Å². The summed E-state index contributed by atoms with van der Waals surface area (Å²) in [6.07, 6.45) is -2.94. The zero-order valence-corrected chi connectivity index (χ0v) is 15.9. The summed E-state index contributed by atoms with van der Waals surface area (Å²) in [5, 5.41) is 12.5. The monoisotopic (exact) mass is 432 g/mol. The molecule has 2 amide bonds. The van der Waals surface area contributed by atoms with E-state index in [2.05, 4.69) is 5.32 Å². The molecule has 1 aromatic carbocycles. The lowest BCUT2D eigenvalue weighted by atomic mass is 9.82. The third-order valence-electron chi connectivity index (χ3n) is 5.54. The van der Waals surface area contributed by atoms with Crippen molar-refractivity contribution in [1.82, 2.24) is 10.2 Å². The van der Waals surface area contributed by atoms with Crippen LogP contribution < -0.4 is 5.32 Å². The lowest BCUT2D eigenvalue weighted by Gasteiger charge is -2.29. The molecule has 1 fully saturated rings. The standard InChI is InChI=1S/C20H21F5N2O3/c21-19(22,20(23,24)25)11-27-10-15(16(28)18(27)30)17(29)26-14-8-6-13(7-9-14)12-4-2-1-3-5-12/h1-5,13-14,28H,6-11H2,(H,26,29)/t13-,14+. The molecule has 0 aromatic heterocycles. The van der Waals surface area contributed by atoms with E-state index in [1.54, 1.807) is 0 Å². The fourth-order valence-corrected chi connectivity index (χ4v) is 3.82. The molecule has 2 aliphatic rings. The molecule has 1 aliphatic heterocycles. The highest BCUT2D eigenvalue weighted by Crippen LogP contribution is 2.37. The van der Waals surface area contributed by atoms with E-state index in [1.165, 1.54) is 5.56 Å². The van der Waals surface area contributed by atoms with Crippen molar-refractivity contribution in [1.29, 1.82) is 0 Å². The lowest BCUT2D eigenvalue weighted by molar-refractivity contribution is -0.285. The molecule has 0 bridgehead atoms. The first kappa shape index (κ1) is 22.0. The maximum Gasteiger partial charge on any atom is 0.455 e. The van der Waals surface area contributed by atoms with Crippen LogP contribution in [0.15, 0.2) is 41.7 Å². The Kier molecular flexibility index (Phi) is 6.05. The highest BCUT2D eigenvalue weighted by Gasteiger charge is 2.59. The molecule has 0 saturated heterocycles. The summed E-state index contributed by atoms with van der Waals surface area (Å²) < 4.78 is 63.6. The number of rotatable bonds is 5. The third-order valence-corrected chi connectivity index (χ3v) is 5.54. The van der Waals surface area contributed by atoms with E-state index in [0.29, 0.717) is 18.8 Å². The van der Waals surface area contributed by atoms with E-state index < -0.39 is 48.3 Å². The van der Waals surface area contributed by atoms with E-state index in [1.807, 2.05) is 30.3 Å². The number of nitrogens with zero attached hydrogens (tertiary/aromatic N) is 1. The quantitative estimate of drug-likeness (QED) is 0.698. The minimum absolute atomic E-state index is 0.129. The largest absolute Gasteiger partial charge is 0.503 e. The second-order valence-corrected chi connectivity index (χ2v) is 7.62. The van der Waals surface area contributed by atoms with Crippen LogP contribution in [-0.4, -0.2) is 53.1 Å². The number of carbonyl (C=O) groups excluding carboxylic acids is 2. The summed E-state index contributed by atoms with van der Waals surface area (Å²) in [4.78, 5) is 24.4. The van der Waals surface area contributed by atoms with E-state index in [9.17, 15) is 36.6 Å². The van der Waals surface area contributed by atoms with Crippen molar-refractivity contribution in [3.05, 3.63) is 47.2 Å². The molecule has 10 heteroatoms. The first-order valence-electron chi connectivity index (χ1n) is 9.51. The number of benzene rings is 1. The average Bonchev–Trinajstić information content (AvgIpc) is 2.96. The molecule has 30 heavy (non-hydrogen) atoms. The van der Waals surface area contributed by atoms with E-state index >= 15 is 0 Å². The lowest BCUT2D eigenvalue weighted by Crippen LogP contribution is -2.48.